The fourth-order valence-electron chi connectivity index (χ4n) is 17.7. The molecule has 0 saturated heterocycles. The summed E-state index contributed by atoms with van der Waals surface area (Å²) in [5.41, 5.74) is 14.0. The second kappa shape index (κ2) is 18.7. The molecule has 0 N–H and O–H groups in total. The molecule has 0 aliphatic carbocycles. The van der Waals surface area contributed by atoms with Gasteiger partial charge in [-0.1, -0.05) is 316 Å². The third-order valence-electron chi connectivity index (χ3n) is 17.7. The number of hydrogen-bond acceptors (Lipinski definition) is 0. The molecule has 0 nitrogen and oxygen atoms in total. The van der Waals surface area contributed by atoms with E-state index < -0.39 is 80.5 Å². The Morgan fingerprint density at radius 2 is 0.708 bits per heavy atom. The van der Waals surface area contributed by atoms with Gasteiger partial charge in [0, 0.05) is 48.4 Å². The Labute approximate surface area is 456 Å². The number of hydrogen-bond donors (Lipinski definition) is 0. The predicted octanol–water partition coefficient (Wildman–Crippen LogP) is 17.9. The second-order valence-electron chi connectivity index (χ2n) is 34.1. The lowest BCUT2D eigenvalue weighted by Crippen LogP contribution is -2.98. The number of rotatable bonds is 14. The van der Waals surface area contributed by atoms with Gasteiger partial charge in [0.2, 0.25) is 0 Å². The van der Waals surface area contributed by atoms with Crippen molar-refractivity contribution in [3.05, 3.63) is 129 Å². The van der Waals surface area contributed by atoms with Crippen molar-refractivity contribution in [2.75, 3.05) is 0 Å². The lowest BCUT2D eigenvalue weighted by atomic mass is 9.85. The van der Waals surface area contributed by atoms with Gasteiger partial charge in [0.25, 0.3) is 0 Å². The van der Waals surface area contributed by atoms with Gasteiger partial charge < -0.3 is 0 Å². The molecule has 0 aromatic heterocycles. The fraction of sp³-hybridized carbons (Fsp3) is 0.581. The van der Waals surface area contributed by atoms with Gasteiger partial charge in [-0.25, -0.2) is 0 Å². The van der Waals surface area contributed by atoms with E-state index in [2.05, 4.69) is 284 Å². The Morgan fingerprint density at radius 1 is 0.403 bits per heavy atom. The molecule has 2 heterocycles. The quantitative estimate of drug-likeness (QED) is 0.110. The van der Waals surface area contributed by atoms with Gasteiger partial charge in [-0.15, -0.1) is 0 Å². The van der Waals surface area contributed by atoms with Crippen LogP contribution in [0.1, 0.15) is 102 Å². The average molecular weight is 1130 g/mol. The molecular weight excluding hydrogens is 1030 g/mol. The van der Waals surface area contributed by atoms with E-state index in [1.807, 2.05) is 43.0 Å². The van der Waals surface area contributed by atoms with E-state index in [1.165, 1.54) is 0 Å². The maximum absolute atomic E-state index is 2.96. The minimum Gasteiger partial charge on any atom is -0.0693 e. The first-order chi connectivity index (χ1) is 32.1. The highest BCUT2D eigenvalue weighted by Crippen LogP contribution is 2.68. The van der Waals surface area contributed by atoms with Crippen LogP contribution >= 0.6 is 0 Å². The lowest BCUT2D eigenvalue weighted by molar-refractivity contribution is 0.588. The summed E-state index contributed by atoms with van der Waals surface area (Å²) >= 11 is 0. The molecule has 10 heteroatoms. The SMILES string of the molecule is CC(C)(C)c1cc(C([Si](C)(C)C)[Si](C)(C)C)c([Si@H]2C(c3ccccc3)=C(c3ccccc3)[Si@]23c2c(C([Si](C)(C)C)[Si](C)(C)C)cc(C(C)(C)C)cc2C3([Si](C)(C)C)[Si](C)(C)C)c(C([Si](C)(C)C)[Si](C)(C)C)c1. The maximum Gasteiger partial charge on any atom is 0.124 e. The molecule has 0 unspecified atom stereocenters. The van der Waals surface area contributed by atoms with Crippen molar-refractivity contribution < 1.29 is 0 Å². The van der Waals surface area contributed by atoms with Crippen LogP contribution in [0.4, 0.5) is 0 Å². The minimum atomic E-state index is -2.80. The molecule has 1 spiro atoms. The summed E-state index contributed by atoms with van der Waals surface area (Å²) in [6.45, 7) is 82.6. The molecule has 0 fully saturated rings. The highest BCUT2D eigenvalue weighted by Gasteiger charge is 2.83. The van der Waals surface area contributed by atoms with Crippen molar-refractivity contribution in [1.82, 2.24) is 0 Å². The molecule has 0 amide bonds. The summed E-state index contributed by atoms with van der Waals surface area (Å²) in [6.07, 6.45) is 0. The first-order valence-electron chi connectivity index (χ1n) is 28.3. The molecule has 2 aliphatic heterocycles. The van der Waals surface area contributed by atoms with E-state index in [4.69, 9.17) is 0 Å². The van der Waals surface area contributed by atoms with Crippen LogP contribution in [-0.4, -0.2) is 80.5 Å². The van der Waals surface area contributed by atoms with Crippen LogP contribution in [-0.2, 0) is 15.1 Å². The third-order valence-corrected chi connectivity index (χ3v) is 78.8. The highest BCUT2D eigenvalue weighted by molar-refractivity contribution is 7.67. The maximum atomic E-state index is 2.96. The molecule has 2 atom stereocenters. The van der Waals surface area contributed by atoms with Crippen LogP contribution < -0.4 is 10.4 Å². The predicted molar refractivity (Wildman–Crippen MR) is 359 cm³/mol. The monoisotopic (exact) mass is 1130 g/mol. The van der Waals surface area contributed by atoms with Crippen molar-refractivity contribution in [2.45, 2.75) is 229 Å². The molecule has 4 aromatic rings. The summed E-state index contributed by atoms with van der Waals surface area (Å²) < 4.78 is 0.223. The largest absolute Gasteiger partial charge is 0.124 e. The average Bonchev–Trinajstić information content (AvgIpc) is 3.11. The standard InChI is InChI=1S/C62H108Si10/c1-60(2,3)47-41-49(57(64(7,8)9)65(10,11)12)54(50(42-47)58(66(13,14)15)67(16,17)18)63-53(45-37-33-31-34-38-45)55(46-39-35-32-36-40-46)72(63)56-51(59(68(19,20)21)69(22,23)24)43-48(61(4,5)6)44-52(56)62(72,70(25,26)27)71(28,29)30/h31-44,57-59,63H,1-30H3/t63-,72-/m1/s1. The Morgan fingerprint density at radius 3 is 1.03 bits per heavy atom. The molecule has 0 bridgehead atoms. The van der Waals surface area contributed by atoms with E-state index in [9.17, 15) is 0 Å². The normalized spacial score (nSPS) is 19.6. The highest BCUT2D eigenvalue weighted by atomic mass is 29.2. The van der Waals surface area contributed by atoms with Crippen LogP contribution in [0.15, 0.2) is 84.9 Å². The molecule has 0 saturated carbocycles. The van der Waals surface area contributed by atoms with Gasteiger partial charge in [0.1, 0.15) is 15.9 Å². The Kier molecular flexibility index (Phi) is 15.6. The summed E-state index contributed by atoms with van der Waals surface area (Å²) in [4.78, 5) is 0. The Hall–Kier alpha value is -1.21. The number of benzene rings is 4. The Balaban J connectivity index is 2.18. The summed E-state index contributed by atoms with van der Waals surface area (Å²) in [6, 6.07) is 36.4. The van der Waals surface area contributed by atoms with Crippen LogP contribution in [0.5, 0.6) is 0 Å². The molecule has 6 rings (SSSR count). The fourth-order valence-corrected chi connectivity index (χ4v) is 108. The summed E-state index contributed by atoms with van der Waals surface area (Å²) in [5, 5.41) is 9.73. The van der Waals surface area contributed by atoms with E-state index in [0.29, 0.717) is 15.5 Å². The smallest absolute Gasteiger partial charge is 0.0693 e. The molecule has 0 radical (unpaired) electrons. The van der Waals surface area contributed by atoms with Crippen molar-refractivity contribution in [1.29, 1.82) is 0 Å². The van der Waals surface area contributed by atoms with E-state index in [1.54, 1.807) is 22.3 Å². The van der Waals surface area contributed by atoms with Crippen molar-refractivity contribution in [3.8, 4) is 0 Å². The second-order valence-corrected chi connectivity index (χ2v) is 89.4. The van der Waals surface area contributed by atoms with E-state index in [-0.39, 0.29) is 15.1 Å². The van der Waals surface area contributed by atoms with Gasteiger partial charge in [-0.2, -0.15) is 0 Å². The zero-order valence-corrected chi connectivity index (χ0v) is 62.5. The van der Waals surface area contributed by atoms with Gasteiger partial charge >= 0.3 is 0 Å². The molecule has 2 aliphatic rings. The number of fused-ring (bicyclic) bond motifs is 2. The topological polar surface area (TPSA) is 0 Å². The molecular formula is C62H108Si10. The van der Waals surface area contributed by atoms with E-state index >= 15 is 0 Å². The minimum absolute atomic E-state index is 0.0420. The summed E-state index contributed by atoms with van der Waals surface area (Å²) in [7, 11) is -20.2. The molecule has 72 heavy (non-hydrogen) atoms. The van der Waals surface area contributed by atoms with Gasteiger partial charge in [-0.3, -0.25) is 0 Å². The van der Waals surface area contributed by atoms with Crippen LogP contribution in [0.3, 0.4) is 0 Å². The third kappa shape index (κ3) is 10.0. The zero-order valence-electron chi connectivity index (χ0n) is 52.4. The van der Waals surface area contributed by atoms with E-state index in [0.717, 1.165) is 0 Å². The van der Waals surface area contributed by atoms with Crippen LogP contribution in [0, 0.1) is 0 Å². The van der Waals surface area contributed by atoms with Crippen molar-refractivity contribution in [2.24, 2.45) is 0 Å². The van der Waals surface area contributed by atoms with Gasteiger partial charge in [0.15, 0.2) is 0 Å². The van der Waals surface area contributed by atoms with Crippen molar-refractivity contribution >= 4 is 101 Å². The lowest BCUT2D eigenvalue weighted by Gasteiger charge is -2.77. The van der Waals surface area contributed by atoms with Crippen LogP contribution in [0.2, 0.25) is 157 Å². The first kappa shape index (κ1) is 60.0. The van der Waals surface area contributed by atoms with Crippen LogP contribution in [0.25, 0.3) is 10.4 Å². The summed E-state index contributed by atoms with van der Waals surface area (Å²) in [5.74, 6) is 0. The van der Waals surface area contributed by atoms with Gasteiger partial charge in [0.05, 0.1) is 16.1 Å². The first-order valence-corrected chi connectivity index (χ1v) is 61.8. The molecule has 396 valence electrons. The van der Waals surface area contributed by atoms with Crippen molar-refractivity contribution in [3.63, 3.8) is 0 Å². The Bertz CT molecular complexity index is 2550. The zero-order chi connectivity index (χ0) is 55.1. The van der Waals surface area contributed by atoms with Gasteiger partial charge in [-0.05, 0) is 63.6 Å². The molecule has 4 aromatic carbocycles.